The van der Waals surface area contributed by atoms with Crippen LogP contribution >= 0.6 is 11.6 Å². The number of nitrogens with zero attached hydrogens (tertiary/aromatic N) is 3. The molecule has 2 N–H and O–H groups in total. The van der Waals surface area contributed by atoms with Gasteiger partial charge in [0.05, 0.1) is 18.4 Å². The van der Waals surface area contributed by atoms with Crippen molar-refractivity contribution in [2.75, 3.05) is 17.2 Å². The highest BCUT2D eigenvalue weighted by molar-refractivity contribution is 6.30. The Morgan fingerprint density at radius 1 is 1.15 bits per heavy atom. The van der Waals surface area contributed by atoms with Crippen molar-refractivity contribution in [1.29, 1.82) is 0 Å². The average Bonchev–Trinajstić information content (AvgIpc) is 2.66. The summed E-state index contributed by atoms with van der Waals surface area (Å²) in [6.45, 7) is 4.07. The highest BCUT2D eigenvalue weighted by atomic mass is 35.5. The Labute approximate surface area is 161 Å². The van der Waals surface area contributed by atoms with Crippen LogP contribution in [0.1, 0.15) is 22.8 Å². The first kappa shape index (κ1) is 18.6. The van der Waals surface area contributed by atoms with Crippen molar-refractivity contribution in [2.24, 2.45) is 0 Å². The maximum Gasteiger partial charge on any atom is 0.338 e. The molecule has 8 heteroatoms. The Morgan fingerprint density at radius 3 is 2.67 bits per heavy atom. The first-order valence-electron chi connectivity index (χ1n) is 8.32. The summed E-state index contributed by atoms with van der Waals surface area (Å²) in [6, 6.07) is 12.4. The van der Waals surface area contributed by atoms with Gasteiger partial charge in [-0.2, -0.15) is 10.1 Å². The lowest BCUT2D eigenvalue weighted by molar-refractivity contribution is 0.0526. The van der Waals surface area contributed by atoms with Crippen LogP contribution in [0.3, 0.4) is 0 Å². The van der Waals surface area contributed by atoms with Gasteiger partial charge in [-0.1, -0.05) is 17.7 Å². The Balaban J connectivity index is 1.72. The average molecular weight is 384 g/mol. The molecule has 0 radical (unpaired) electrons. The van der Waals surface area contributed by atoms with Crippen molar-refractivity contribution in [3.8, 4) is 0 Å². The number of aryl methyl sites for hydroxylation is 1. The molecule has 3 rings (SSSR count). The van der Waals surface area contributed by atoms with Gasteiger partial charge in [-0.3, -0.25) is 0 Å². The van der Waals surface area contributed by atoms with Crippen LogP contribution in [0.5, 0.6) is 0 Å². The van der Waals surface area contributed by atoms with Crippen molar-refractivity contribution in [1.82, 2.24) is 15.2 Å². The van der Waals surface area contributed by atoms with Crippen LogP contribution in [-0.2, 0) is 4.74 Å². The third kappa shape index (κ3) is 4.92. The largest absolute Gasteiger partial charge is 0.462 e. The van der Waals surface area contributed by atoms with Gasteiger partial charge in [-0.05, 0) is 55.8 Å². The number of aromatic nitrogens is 3. The number of ether oxygens (including phenoxy) is 1. The molecule has 0 aliphatic heterocycles. The standard InChI is InChI=1S/C19H18ClN5O2/c1-3-27-18(26)13-5-8-15(9-6-13)22-17-11-21-25-19(24-17)23-16-10-14(20)7-4-12(16)2/h4-11H,3H2,1-2H3,(H2,22,23,24,25). The summed E-state index contributed by atoms with van der Waals surface area (Å²) in [5, 5.41) is 14.8. The van der Waals surface area contributed by atoms with Crippen LogP contribution in [0.2, 0.25) is 5.02 Å². The molecular formula is C19H18ClN5O2. The third-order valence-corrected chi connectivity index (χ3v) is 3.91. The van der Waals surface area contributed by atoms with E-state index in [4.69, 9.17) is 16.3 Å². The van der Waals surface area contributed by atoms with E-state index in [0.717, 1.165) is 16.9 Å². The Kier molecular flexibility index (Phi) is 5.83. The van der Waals surface area contributed by atoms with Crippen LogP contribution in [0, 0.1) is 6.92 Å². The highest BCUT2D eigenvalue weighted by Crippen LogP contribution is 2.23. The van der Waals surface area contributed by atoms with Gasteiger partial charge in [0.1, 0.15) is 0 Å². The maximum atomic E-state index is 11.7. The number of esters is 1. The smallest absolute Gasteiger partial charge is 0.338 e. The fourth-order valence-corrected chi connectivity index (χ4v) is 2.49. The molecule has 3 aromatic rings. The van der Waals surface area contributed by atoms with E-state index in [9.17, 15) is 4.79 Å². The number of carbonyl (C=O) groups is 1. The van der Waals surface area contributed by atoms with Gasteiger partial charge in [0.2, 0.25) is 5.95 Å². The first-order chi connectivity index (χ1) is 13.0. The minimum Gasteiger partial charge on any atom is -0.462 e. The fraction of sp³-hybridized carbons (Fsp3) is 0.158. The molecule has 27 heavy (non-hydrogen) atoms. The normalized spacial score (nSPS) is 10.3. The van der Waals surface area contributed by atoms with Crippen molar-refractivity contribution < 1.29 is 9.53 Å². The lowest BCUT2D eigenvalue weighted by atomic mass is 10.2. The lowest BCUT2D eigenvalue weighted by Gasteiger charge is -2.10. The molecular weight excluding hydrogens is 366 g/mol. The molecule has 0 atom stereocenters. The first-order valence-corrected chi connectivity index (χ1v) is 8.70. The third-order valence-electron chi connectivity index (χ3n) is 3.67. The van der Waals surface area contributed by atoms with E-state index >= 15 is 0 Å². The molecule has 1 aromatic heterocycles. The lowest BCUT2D eigenvalue weighted by Crippen LogP contribution is -2.05. The van der Waals surface area contributed by atoms with Gasteiger partial charge < -0.3 is 15.4 Å². The summed E-state index contributed by atoms with van der Waals surface area (Å²) in [5.41, 5.74) is 3.06. The van der Waals surface area contributed by atoms with Crippen molar-refractivity contribution in [3.63, 3.8) is 0 Å². The summed E-state index contributed by atoms with van der Waals surface area (Å²) in [7, 11) is 0. The van der Waals surface area contributed by atoms with Gasteiger partial charge in [0, 0.05) is 16.4 Å². The molecule has 0 saturated heterocycles. The zero-order valence-electron chi connectivity index (χ0n) is 14.9. The Hall–Kier alpha value is -3.19. The number of halogens is 1. The molecule has 0 fully saturated rings. The molecule has 0 aliphatic rings. The number of anilines is 4. The van der Waals surface area contributed by atoms with Gasteiger partial charge in [-0.25, -0.2) is 4.79 Å². The summed E-state index contributed by atoms with van der Waals surface area (Å²) in [4.78, 5) is 16.1. The van der Waals surface area contributed by atoms with E-state index in [2.05, 4.69) is 25.8 Å². The van der Waals surface area contributed by atoms with Gasteiger partial charge in [-0.15, -0.1) is 5.10 Å². The van der Waals surface area contributed by atoms with Crippen LogP contribution in [0.15, 0.2) is 48.7 Å². The molecule has 0 aliphatic carbocycles. The molecule has 1 heterocycles. The summed E-state index contributed by atoms with van der Waals surface area (Å²) in [5.74, 6) is 0.501. The molecule has 0 unspecified atom stereocenters. The number of rotatable bonds is 6. The predicted octanol–water partition coefficient (Wildman–Crippen LogP) is 4.50. The monoisotopic (exact) mass is 383 g/mol. The number of carbonyl (C=O) groups excluding carboxylic acids is 1. The van der Waals surface area contributed by atoms with Crippen molar-refractivity contribution in [3.05, 3.63) is 64.8 Å². The van der Waals surface area contributed by atoms with Gasteiger partial charge in [0.25, 0.3) is 0 Å². The van der Waals surface area contributed by atoms with Crippen LogP contribution < -0.4 is 10.6 Å². The minimum absolute atomic E-state index is 0.341. The summed E-state index contributed by atoms with van der Waals surface area (Å²) >= 11 is 6.03. The zero-order chi connectivity index (χ0) is 19.2. The fourth-order valence-electron chi connectivity index (χ4n) is 2.32. The second-order valence-corrected chi connectivity index (χ2v) is 6.11. The Morgan fingerprint density at radius 2 is 1.93 bits per heavy atom. The second-order valence-electron chi connectivity index (χ2n) is 5.67. The van der Waals surface area contributed by atoms with Crippen LogP contribution in [-0.4, -0.2) is 27.8 Å². The minimum atomic E-state index is -0.351. The second kappa shape index (κ2) is 8.46. The van der Waals surface area contributed by atoms with Gasteiger partial charge in [0.15, 0.2) is 5.82 Å². The summed E-state index contributed by atoms with van der Waals surface area (Å²) in [6.07, 6.45) is 1.51. The molecule has 7 nitrogen and oxygen atoms in total. The topological polar surface area (TPSA) is 89.0 Å². The molecule has 138 valence electrons. The SMILES string of the molecule is CCOC(=O)c1ccc(Nc2cnnc(Nc3cc(Cl)ccc3C)n2)cc1. The quantitative estimate of drug-likeness (QED) is 0.606. The molecule has 2 aromatic carbocycles. The van der Waals surface area contributed by atoms with E-state index in [1.807, 2.05) is 19.1 Å². The molecule has 0 saturated carbocycles. The van der Waals surface area contributed by atoms with E-state index in [1.54, 1.807) is 37.3 Å². The van der Waals surface area contributed by atoms with E-state index < -0.39 is 0 Å². The van der Waals surface area contributed by atoms with E-state index in [1.165, 1.54) is 6.20 Å². The Bertz CT molecular complexity index is 947. The van der Waals surface area contributed by atoms with E-state index in [0.29, 0.717) is 29.0 Å². The molecule has 0 spiro atoms. The van der Waals surface area contributed by atoms with Crippen molar-refractivity contribution >= 4 is 40.7 Å². The number of nitrogens with one attached hydrogen (secondary N) is 2. The predicted molar refractivity (Wildman–Crippen MR) is 105 cm³/mol. The number of hydrogen-bond donors (Lipinski definition) is 2. The number of hydrogen-bond acceptors (Lipinski definition) is 7. The maximum absolute atomic E-state index is 11.7. The van der Waals surface area contributed by atoms with Crippen molar-refractivity contribution in [2.45, 2.75) is 13.8 Å². The highest BCUT2D eigenvalue weighted by Gasteiger charge is 2.07. The van der Waals surface area contributed by atoms with Gasteiger partial charge >= 0.3 is 5.97 Å². The zero-order valence-corrected chi connectivity index (χ0v) is 15.6. The summed E-state index contributed by atoms with van der Waals surface area (Å²) < 4.78 is 4.97. The molecule has 0 amide bonds. The van der Waals surface area contributed by atoms with E-state index in [-0.39, 0.29) is 5.97 Å². The van der Waals surface area contributed by atoms with Crippen LogP contribution in [0.25, 0.3) is 0 Å². The number of benzene rings is 2. The van der Waals surface area contributed by atoms with Crippen LogP contribution in [0.4, 0.5) is 23.1 Å². The molecule has 0 bridgehead atoms.